The molecular weight excluding hydrogens is 352 g/mol. The van der Waals surface area contributed by atoms with Gasteiger partial charge in [0.1, 0.15) is 0 Å². The van der Waals surface area contributed by atoms with Crippen molar-refractivity contribution in [2.45, 2.75) is 45.4 Å². The van der Waals surface area contributed by atoms with Gasteiger partial charge in [-0.05, 0) is 38.8 Å². The van der Waals surface area contributed by atoms with Gasteiger partial charge in [-0.2, -0.15) is 0 Å². The molecule has 28 heavy (non-hydrogen) atoms. The molecule has 162 valence electrons. The molecule has 2 rings (SSSR count). The van der Waals surface area contributed by atoms with E-state index in [-0.39, 0.29) is 11.3 Å². The van der Waals surface area contributed by atoms with Crippen LogP contribution in [0.2, 0.25) is 0 Å². The summed E-state index contributed by atoms with van der Waals surface area (Å²) in [5, 5.41) is 6.83. The second kappa shape index (κ2) is 11.6. The Morgan fingerprint density at radius 2 is 1.68 bits per heavy atom. The average molecular weight is 395 g/mol. The monoisotopic (exact) mass is 394 g/mol. The molecule has 0 atom stereocenters. The highest BCUT2D eigenvalue weighted by Crippen LogP contribution is 2.38. The Morgan fingerprint density at radius 1 is 1.04 bits per heavy atom. The zero-order valence-corrected chi connectivity index (χ0v) is 18.6. The summed E-state index contributed by atoms with van der Waals surface area (Å²) in [6, 6.07) is 0. The lowest BCUT2D eigenvalue weighted by Crippen LogP contribution is -2.49. The van der Waals surface area contributed by atoms with Crippen LogP contribution in [0.4, 0.5) is 0 Å². The predicted octanol–water partition coefficient (Wildman–Crippen LogP) is 1.22. The first kappa shape index (κ1) is 22.9. The summed E-state index contributed by atoms with van der Waals surface area (Å²) in [4.78, 5) is 23.9. The van der Waals surface area contributed by atoms with Crippen LogP contribution in [0.25, 0.3) is 0 Å². The molecule has 1 heterocycles. The summed E-state index contributed by atoms with van der Waals surface area (Å²) in [6.45, 7) is 11.0. The zero-order valence-electron chi connectivity index (χ0n) is 18.6. The van der Waals surface area contributed by atoms with E-state index in [0.29, 0.717) is 6.54 Å². The van der Waals surface area contributed by atoms with Crippen LogP contribution in [0.1, 0.15) is 45.4 Å². The van der Waals surface area contributed by atoms with Gasteiger partial charge in [0.05, 0.1) is 5.41 Å². The van der Waals surface area contributed by atoms with Gasteiger partial charge in [-0.15, -0.1) is 0 Å². The molecule has 1 aliphatic carbocycles. The third-order valence-electron chi connectivity index (χ3n) is 6.34. The molecule has 0 aromatic rings. The van der Waals surface area contributed by atoms with E-state index in [1.54, 1.807) is 11.9 Å². The molecule has 1 saturated heterocycles. The van der Waals surface area contributed by atoms with Gasteiger partial charge in [0.2, 0.25) is 5.91 Å². The molecule has 1 aliphatic heterocycles. The number of carbonyl (C=O) groups excluding carboxylic acids is 1. The van der Waals surface area contributed by atoms with E-state index in [9.17, 15) is 4.79 Å². The minimum atomic E-state index is -0.262. The van der Waals surface area contributed by atoms with Gasteiger partial charge in [-0.1, -0.05) is 19.8 Å². The quantitative estimate of drug-likeness (QED) is 0.350. The van der Waals surface area contributed by atoms with Crippen LogP contribution in [-0.4, -0.2) is 100 Å². The summed E-state index contributed by atoms with van der Waals surface area (Å²) in [7, 11) is 5.52. The van der Waals surface area contributed by atoms with Crippen molar-refractivity contribution in [2.75, 3.05) is 73.5 Å². The van der Waals surface area contributed by atoms with Crippen molar-refractivity contribution < 1.29 is 4.79 Å². The van der Waals surface area contributed by atoms with Crippen LogP contribution in [0.3, 0.4) is 0 Å². The second-order valence-corrected chi connectivity index (χ2v) is 8.52. The lowest BCUT2D eigenvalue weighted by molar-refractivity contribution is -0.138. The first-order chi connectivity index (χ1) is 13.5. The minimum Gasteiger partial charge on any atom is -0.356 e. The Morgan fingerprint density at radius 3 is 2.25 bits per heavy atom. The molecule has 0 bridgehead atoms. The first-order valence-electron chi connectivity index (χ1n) is 11.1. The van der Waals surface area contributed by atoms with E-state index in [0.717, 1.165) is 44.6 Å². The summed E-state index contributed by atoms with van der Waals surface area (Å²) < 4.78 is 0. The van der Waals surface area contributed by atoms with Crippen LogP contribution in [-0.2, 0) is 4.79 Å². The van der Waals surface area contributed by atoms with Gasteiger partial charge in [0, 0.05) is 60.4 Å². The molecule has 0 aromatic carbocycles. The molecule has 0 spiro atoms. The molecule has 2 N–H and O–H groups in total. The van der Waals surface area contributed by atoms with Gasteiger partial charge >= 0.3 is 0 Å². The van der Waals surface area contributed by atoms with Crippen molar-refractivity contribution in [2.24, 2.45) is 10.4 Å². The number of hydrogen-bond donors (Lipinski definition) is 2. The standard InChI is InChI=1S/C21H42N6O/c1-5-26-14-16-27(17-15-26)13-9-8-12-23-20(22-2)24-18-21(10-6-7-11-21)19(28)25(3)4/h5-18H2,1-4H3,(H2,22,23,24). The SMILES string of the molecule is CCN1CCN(CCCCNC(=NC)NCC2(C(=O)N(C)C)CCCC2)CC1. The highest BCUT2D eigenvalue weighted by molar-refractivity contribution is 5.85. The Hall–Kier alpha value is -1.34. The van der Waals surface area contributed by atoms with Crippen molar-refractivity contribution in [1.29, 1.82) is 0 Å². The maximum Gasteiger partial charge on any atom is 0.230 e. The lowest BCUT2D eigenvalue weighted by atomic mass is 9.84. The number of carbonyl (C=O) groups is 1. The topological polar surface area (TPSA) is 63.2 Å². The van der Waals surface area contributed by atoms with Crippen LogP contribution >= 0.6 is 0 Å². The maximum atomic E-state index is 12.7. The van der Waals surface area contributed by atoms with Crippen LogP contribution < -0.4 is 10.6 Å². The second-order valence-electron chi connectivity index (χ2n) is 8.52. The number of likely N-dealkylation sites (N-methyl/N-ethyl adjacent to an activating group) is 1. The lowest BCUT2D eigenvalue weighted by Gasteiger charge is -2.34. The molecule has 7 heteroatoms. The highest BCUT2D eigenvalue weighted by atomic mass is 16.2. The van der Waals surface area contributed by atoms with Crippen molar-refractivity contribution in [3.63, 3.8) is 0 Å². The van der Waals surface area contributed by atoms with Crippen molar-refractivity contribution in [1.82, 2.24) is 25.3 Å². The molecule has 1 amide bonds. The van der Waals surface area contributed by atoms with Gasteiger partial charge in [0.25, 0.3) is 0 Å². The molecule has 2 fully saturated rings. The van der Waals surface area contributed by atoms with Gasteiger partial charge in [-0.25, -0.2) is 0 Å². The van der Waals surface area contributed by atoms with E-state index in [2.05, 4.69) is 32.3 Å². The normalized spacial score (nSPS) is 20.9. The number of nitrogens with zero attached hydrogens (tertiary/aromatic N) is 4. The van der Waals surface area contributed by atoms with E-state index >= 15 is 0 Å². The number of aliphatic imine (C=N–C) groups is 1. The molecule has 2 aliphatic rings. The fourth-order valence-electron chi connectivity index (χ4n) is 4.46. The van der Waals surface area contributed by atoms with Crippen LogP contribution in [0.15, 0.2) is 4.99 Å². The Balaban J connectivity index is 1.64. The molecule has 0 aromatic heterocycles. The number of nitrogens with one attached hydrogen (secondary N) is 2. The number of rotatable bonds is 9. The molecule has 7 nitrogen and oxygen atoms in total. The molecular formula is C21H42N6O. The van der Waals surface area contributed by atoms with Crippen LogP contribution in [0, 0.1) is 5.41 Å². The Kier molecular flexibility index (Phi) is 9.51. The van der Waals surface area contributed by atoms with Crippen LogP contribution in [0.5, 0.6) is 0 Å². The van der Waals surface area contributed by atoms with E-state index in [4.69, 9.17) is 0 Å². The minimum absolute atomic E-state index is 0.246. The van der Waals surface area contributed by atoms with Gasteiger partial charge in [-0.3, -0.25) is 9.79 Å². The molecule has 0 unspecified atom stereocenters. The predicted molar refractivity (Wildman–Crippen MR) is 117 cm³/mol. The van der Waals surface area contributed by atoms with Gasteiger partial charge in [0.15, 0.2) is 5.96 Å². The number of guanidine groups is 1. The third kappa shape index (κ3) is 6.62. The average Bonchev–Trinajstić information content (AvgIpc) is 3.19. The summed E-state index contributed by atoms with van der Waals surface area (Å²) in [5.74, 6) is 1.06. The summed E-state index contributed by atoms with van der Waals surface area (Å²) in [5.41, 5.74) is -0.262. The van der Waals surface area contributed by atoms with Crippen molar-refractivity contribution >= 4 is 11.9 Å². The molecule has 0 radical (unpaired) electrons. The zero-order chi connectivity index (χ0) is 20.4. The number of piperazine rings is 1. The maximum absolute atomic E-state index is 12.7. The Bertz CT molecular complexity index is 493. The van der Waals surface area contributed by atoms with Crippen molar-refractivity contribution in [3.8, 4) is 0 Å². The van der Waals surface area contributed by atoms with E-state index in [1.165, 1.54) is 45.7 Å². The Labute approximate surface area is 171 Å². The summed E-state index contributed by atoms with van der Waals surface area (Å²) >= 11 is 0. The number of hydrogen-bond acceptors (Lipinski definition) is 4. The third-order valence-corrected chi connectivity index (χ3v) is 6.34. The number of amides is 1. The smallest absolute Gasteiger partial charge is 0.230 e. The van der Waals surface area contributed by atoms with E-state index < -0.39 is 0 Å². The first-order valence-corrected chi connectivity index (χ1v) is 11.1. The van der Waals surface area contributed by atoms with E-state index in [1.807, 2.05) is 14.1 Å². The number of unbranched alkanes of at least 4 members (excludes halogenated alkanes) is 1. The summed E-state index contributed by atoms with van der Waals surface area (Å²) in [6.07, 6.45) is 6.56. The van der Waals surface area contributed by atoms with Gasteiger partial charge < -0.3 is 25.3 Å². The highest BCUT2D eigenvalue weighted by Gasteiger charge is 2.42. The fraction of sp³-hybridized carbons (Fsp3) is 0.905. The largest absolute Gasteiger partial charge is 0.356 e. The fourth-order valence-corrected chi connectivity index (χ4v) is 4.46. The molecule has 1 saturated carbocycles. The van der Waals surface area contributed by atoms with Crippen molar-refractivity contribution in [3.05, 3.63) is 0 Å².